The number of carbonyl (C=O) groups is 2. The summed E-state index contributed by atoms with van der Waals surface area (Å²) in [5.74, 6) is -5.83. The predicted octanol–water partition coefficient (Wildman–Crippen LogP) is -0.746. The number of carboxylic acid groups (broad SMARTS) is 2. The third kappa shape index (κ3) is 6.20. The molecule has 122 valence electrons. The minimum Gasteiger partial charge on any atom is -0.481 e. The molecule has 0 aromatic heterocycles. The highest BCUT2D eigenvalue weighted by Crippen LogP contribution is 2.36. The second-order valence-electron chi connectivity index (χ2n) is 4.24. The lowest BCUT2D eigenvalue weighted by Crippen LogP contribution is -2.39. The molecule has 0 aromatic rings. The standard InChI is InChI=1S/C9H14O10S2/c1-6(7(10)11)9(8(12)13,2-4-20(14,15)16)3-5-21(17,18)19/h1-5H2,(H,10,11)(H,12,13)(H,14,15,16)(H,17,18,19). The van der Waals surface area contributed by atoms with Crippen molar-refractivity contribution < 1.29 is 45.7 Å². The fraction of sp³-hybridized carbons (Fsp3) is 0.556. The summed E-state index contributed by atoms with van der Waals surface area (Å²) >= 11 is 0. The molecule has 10 nitrogen and oxygen atoms in total. The maximum absolute atomic E-state index is 11.3. The number of hydrogen-bond donors (Lipinski definition) is 4. The van der Waals surface area contributed by atoms with E-state index in [4.69, 9.17) is 19.3 Å². The van der Waals surface area contributed by atoms with Crippen molar-refractivity contribution in [3.8, 4) is 0 Å². The van der Waals surface area contributed by atoms with E-state index in [0.717, 1.165) is 0 Å². The van der Waals surface area contributed by atoms with E-state index in [9.17, 15) is 26.4 Å². The number of aliphatic carboxylic acids is 2. The first-order valence-corrected chi connectivity index (χ1v) is 8.49. The van der Waals surface area contributed by atoms with Gasteiger partial charge in [0.25, 0.3) is 20.2 Å². The summed E-state index contributed by atoms with van der Waals surface area (Å²) < 4.78 is 60.1. The van der Waals surface area contributed by atoms with E-state index < -0.39 is 67.5 Å². The molecular weight excluding hydrogens is 332 g/mol. The summed E-state index contributed by atoms with van der Waals surface area (Å²) in [4.78, 5) is 22.2. The molecule has 0 saturated carbocycles. The fourth-order valence-corrected chi connectivity index (χ4v) is 2.79. The molecule has 21 heavy (non-hydrogen) atoms. The van der Waals surface area contributed by atoms with Crippen LogP contribution in [0.3, 0.4) is 0 Å². The lowest BCUT2D eigenvalue weighted by Gasteiger charge is -2.28. The van der Waals surface area contributed by atoms with Gasteiger partial charge in [-0.1, -0.05) is 6.58 Å². The van der Waals surface area contributed by atoms with Gasteiger partial charge in [0, 0.05) is 5.57 Å². The van der Waals surface area contributed by atoms with Gasteiger partial charge < -0.3 is 10.2 Å². The van der Waals surface area contributed by atoms with E-state index >= 15 is 0 Å². The molecule has 0 bridgehead atoms. The van der Waals surface area contributed by atoms with Crippen molar-refractivity contribution in [2.24, 2.45) is 5.41 Å². The summed E-state index contributed by atoms with van der Waals surface area (Å²) in [6.45, 7) is 3.02. The Morgan fingerprint density at radius 3 is 1.43 bits per heavy atom. The number of carboxylic acids is 2. The number of hydrogen-bond acceptors (Lipinski definition) is 6. The molecule has 0 unspecified atom stereocenters. The largest absolute Gasteiger partial charge is 0.481 e. The molecule has 0 saturated heterocycles. The third-order valence-corrected chi connectivity index (χ3v) is 4.26. The van der Waals surface area contributed by atoms with Crippen LogP contribution in [-0.4, -0.2) is 59.6 Å². The lowest BCUT2D eigenvalue weighted by molar-refractivity contribution is -0.150. The Bertz CT molecular complexity index is 606. The van der Waals surface area contributed by atoms with Crippen molar-refractivity contribution >= 4 is 32.2 Å². The first-order chi connectivity index (χ1) is 9.21. The van der Waals surface area contributed by atoms with Crippen molar-refractivity contribution in [1.82, 2.24) is 0 Å². The minimum atomic E-state index is -4.61. The molecular formula is C9H14O10S2. The van der Waals surface area contributed by atoms with E-state index in [1.807, 2.05) is 0 Å². The topological polar surface area (TPSA) is 183 Å². The van der Waals surface area contributed by atoms with Crippen LogP contribution in [0.5, 0.6) is 0 Å². The molecule has 0 amide bonds. The van der Waals surface area contributed by atoms with Gasteiger partial charge in [-0.15, -0.1) is 0 Å². The van der Waals surface area contributed by atoms with Crippen molar-refractivity contribution in [3.63, 3.8) is 0 Å². The van der Waals surface area contributed by atoms with Gasteiger partial charge in [0.05, 0.1) is 11.5 Å². The minimum absolute atomic E-state index is 0.915. The van der Waals surface area contributed by atoms with Gasteiger partial charge in [0.15, 0.2) is 0 Å². The van der Waals surface area contributed by atoms with Crippen LogP contribution in [0.1, 0.15) is 12.8 Å². The van der Waals surface area contributed by atoms with Gasteiger partial charge in [-0.3, -0.25) is 13.9 Å². The zero-order valence-electron chi connectivity index (χ0n) is 10.6. The van der Waals surface area contributed by atoms with Gasteiger partial charge in [-0.25, -0.2) is 4.79 Å². The second kappa shape index (κ2) is 6.51. The first-order valence-electron chi connectivity index (χ1n) is 5.28. The molecule has 0 radical (unpaired) electrons. The highest BCUT2D eigenvalue weighted by molar-refractivity contribution is 7.86. The van der Waals surface area contributed by atoms with Crippen LogP contribution in [0.4, 0.5) is 0 Å². The molecule has 0 rings (SSSR count). The zero-order valence-corrected chi connectivity index (χ0v) is 12.2. The Balaban J connectivity index is 5.71. The highest BCUT2D eigenvalue weighted by Gasteiger charge is 2.45. The normalized spacial score (nSPS) is 12.9. The average molecular weight is 346 g/mol. The summed E-state index contributed by atoms with van der Waals surface area (Å²) in [7, 11) is -9.23. The Hall–Kier alpha value is -1.50. The van der Waals surface area contributed by atoms with E-state index in [1.54, 1.807) is 0 Å². The van der Waals surface area contributed by atoms with Crippen LogP contribution in [0.2, 0.25) is 0 Å². The molecule has 4 N–H and O–H groups in total. The highest BCUT2D eigenvalue weighted by atomic mass is 32.2. The maximum Gasteiger partial charge on any atom is 0.332 e. The van der Waals surface area contributed by atoms with Gasteiger partial charge >= 0.3 is 11.9 Å². The summed E-state index contributed by atoms with van der Waals surface area (Å²) in [5, 5.41) is 18.0. The summed E-state index contributed by atoms with van der Waals surface area (Å²) in [5.41, 5.74) is -3.42. The van der Waals surface area contributed by atoms with Gasteiger partial charge in [-0.2, -0.15) is 16.8 Å². The second-order valence-corrected chi connectivity index (χ2v) is 7.39. The van der Waals surface area contributed by atoms with Crippen molar-refractivity contribution in [3.05, 3.63) is 12.2 Å². The van der Waals surface area contributed by atoms with Crippen molar-refractivity contribution in [2.75, 3.05) is 11.5 Å². The Morgan fingerprint density at radius 2 is 1.24 bits per heavy atom. The SMILES string of the molecule is C=C(C(=O)O)C(CCS(=O)(=O)O)(CCS(=O)(=O)O)C(=O)O. The molecule has 0 aromatic carbocycles. The van der Waals surface area contributed by atoms with Gasteiger partial charge in [0.2, 0.25) is 0 Å². The van der Waals surface area contributed by atoms with Crippen LogP contribution in [-0.2, 0) is 29.8 Å². The lowest BCUT2D eigenvalue weighted by atomic mass is 9.76. The van der Waals surface area contributed by atoms with Gasteiger partial charge in [-0.05, 0) is 12.8 Å². The molecule has 0 aliphatic carbocycles. The number of rotatable bonds is 9. The van der Waals surface area contributed by atoms with E-state index in [2.05, 4.69) is 6.58 Å². The third-order valence-electron chi connectivity index (χ3n) is 2.82. The zero-order chi connectivity index (χ0) is 17.1. The first kappa shape index (κ1) is 19.5. The Morgan fingerprint density at radius 1 is 0.905 bits per heavy atom. The van der Waals surface area contributed by atoms with Gasteiger partial charge in [0.1, 0.15) is 5.41 Å². The quantitative estimate of drug-likeness (QED) is 0.306. The van der Waals surface area contributed by atoms with Crippen LogP contribution in [0.15, 0.2) is 12.2 Å². The summed E-state index contributed by atoms with van der Waals surface area (Å²) in [6.07, 6.45) is -1.83. The predicted molar refractivity (Wildman–Crippen MR) is 68.9 cm³/mol. The van der Waals surface area contributed by atoms with Crippen LogP contribution in [0, 0.1) is 5.41 Å². The van der Waals surface area contributed by atoms with Crippen LogP contribution >= 0.6 is 0 Å². The van der Waals surface area contributed by atoms with E-state index in [-0.39, 0.29) is 0 Å². The molecule has 0 aliphatic rings. The van der Waals surface area contributed by atoms with E-state index in [1.165, 1.54) is 0 Å². The van der Waals surface area contributed by atoms with Crippen LogP contribution < -0.4 is 0 Å². The molecule has 0 atom stereocenters. The van der Waals surface area contributed by atoms with Crippen molar-refractivity contribution in [2.45, 2.75) is 12.8 Å². The monoisotopic (exact) mass is 346 g/mol. The molecule has 0 fully saturated rings. The fourth-order valence-electron chi connectivity index (χ4n) is 1.58. The Kier molecular flexibility index (Phi) is 6.05. The summed E-state index contributed by atoms with van der Waals surface area (Å²) in [6, 6.07) is 0. The maximum atomic E-state index is 11.3. The molecule has 0 spiro atoms. The van der Waals surface area contributed by atoms with Crippen LogP contribution in [0.25, 0.3) is 0 Å². The molecule has 0 heterocycles. The average Bonchev–Trinajstić information content (AvgIpc) is 2.25. The molecule has 12 heteroatoms. The van der Waals surface area contributed by atoms with Crippen molar-refractivity contribution in [1.29, 1.82) is 0 Å². The van der Waals surface area contributed by atoms with E-state index in [0.29, 0.717) is 0 Å². The Labute approximate surface area is 120 Å². The molecule has 0 aliphatic heterocycles. The smallest absolute Gasteiger partial charge is 0.332 e.